The van der Waals surface area contributed by atoms with Crippen molar-refractivity contribution in [2.24, 2.45) is 11.8 Å². The molecule has 1 rings (SSSR count). The van der Waals surface area contributed by atoms with Crippen LogP contribution in [0.3, 0.4) is 0 Å². The zero-order valence-electron chi connectivity index (χ0n) is 8.63. The van der Waals surface area contributed by atoms with E-state index in [1.165, 1.54) is 0 Å². The van der Waals surface area contributed by atoms with Gasteiger partial charge in [0.15, 0.2) is 12.3 Å². The molecule has 0 bridgehead atoms. The van der Waals surface area contributed by atoms with Crippen molar-refractivity contribution in [1.82, 2.24) is 0 Å². The standard InChI is InChI=1S/C10H18F2O/c1-5(2)9-7(11)8(12)10(13-9)6(3)4/h5-10H,1-4H3/t7-,8-,9-,10+/m1/s1. The van der Waals surface area contributed by atoms with Crippen LogP contribution in [0.15, 0.2) is 0 Å². The summed E-state index contributed by atoms with van der Waals surface area (Å²) in [6.45, 7) is 7.42. The number of hydrogen-bond acceptors (Lipinski definition) is 1. The molecule has 0 radical (unpaired) electrons. The normalized spacial score (nSPS) is 40.6. The molecular formula is C10H18F2O. The monoisotopic (exact) mass is 192 g/mol. The Hall–Kier alpha value is -0.180. The van der Waals surface area contributed by atoms with Gasteiger partial charge in [0.2, 0.25) is 0 Å². The Kier molecular flexibility index (Phi) is 3.28. The molecule has 13 heavy (non-hydrogen) atoms. The van der Waals surface area contributed by atoms with Crippen molar-refractivity contribution in [2.75, 3.05) is 0 Å². The molecular weight excluding hydrogens is 174 g/mol. The lowest BCUT2D eigenvalue weighted by molar-refractivity contribution is -0.0223. The highest BCUT2D eigenvalue weighted by molar-refractivity contribution is 4.93. The molecule has 0 saturated carbocycles. The van der Waals surface area contributed by atoms with Crippen LogP contribution in [0.25, 0.3) is 0 Å². The van der Waals surface area contributed by atoms with Crippen LogP contribution in [0.4, 0.5) is 8.78 Å². The van der Waals surface area contributed by atoms with Crippen molar-refractivity contribution < 1.29 is 13.5 Å². The number of ether oxygens (including phenoxy) is 1. The second-order valence-corrected chi connectivity index (χ2v) is 4.44. The molecule has 0 aromatic rings. The molecule has 1 fully saturated rings. The predicted octanol–water partition coefficient (Wildman–Crippen LogP) is 2.74. The Morgan fingerprint density at radius 1 is 0.846 bits per heavy atom. The molecule has 3 heteroatoms. The molecule has 0 N–H and O–H groups in total. The first kappa shape index (κ1) is 10.9. The molecule has 4 atom stereocenters. The van der Waals surface area contributed by atoms with Gasteiger partial charge in [0.1, 0.15) is 0 Å². The van der Waals surface area contributed by atoms with Crippen LogP contribution >= 0.6 is 0 Å². The predicted molar refractivity (Wildman–Crippen MR) is 48.1 cm³/mol. The third kappa shape index (κ3) is 2.01. The van der Waals surface area contributed by atoms with Crippen LogP contribution in [0.1, 0.15) is 27.7 Å². The fraction of sp³-hybridized carbons (Fsp3) is 1.00. The van der Waals surface area contributed by atoms with Crippen LogP contribution in [0.2, 0.25) is 0 Å². The summed E-state index contributed by atoms with van der Waals surface area (Å²) in [6, 6.07) is 0. The van der Waals surface area contributed by atoms with Gasteiger partial charge in [-0.3, -0.25) is 0 Å². The van der Waals surface area contributed by atoms with E-state index in [0.717, 1.165) is 0 Å². The molecule has 78 valence electrons. The summed E-state index contributed by atoms with van der Waals surface area (Å²) < 4.78 is 32.0. The zero-order chi connectivity index (χ0) is 10.2. The Balaban J connectivity index is 2.66. The lowest BCUT2D eigenvalue weighted by Gasteiger charge is -2.18. The van der Waals surface area contributed by atoms with E-state index in [0.29, 0.717) is 0 Å². The van der Waals surface area contributed by atoms with E-state index >= 15 is 0 Å². The molecule has 0 spiro atoms. The topological polar surface area (TPSA) is 9.23 Å². The van der Waals surface area contributed by atoms with Gasteiger partial charge in [0.25, 0.3) is 0 Å². The molecule has 0 aromatic carbocycles. The van der Waals surface area contributed by atoms with E-state index in [9.17, 15) is 8.78 Å². The number of halogens is 2. The van der Waals surface area contributed by atoms with E-state index in [-0.39, 0.29) is 11.8 Å². The first-order valence-corrected chi connectivity index (χ1v) is 4.88. The van der Waals surface area contributed by atoms with Crippen LogP contribution < -0.4 is 0 Å². The number of hydrogen-bond donors (Lipinski definition) is 0. The summed E-state index contributed by atoms with van der Waals surface area (Å²) in [4.78, 5) is 0. The lowest BCUT2D eigenvalue weighted by Crippen LogP contribution is -2.29. The Labute approximate surface area is 78.5 Å². The van der Waals surface area contributed by atoms with Gasteiger partial charge in [-0.2, -0.15) is 0 Å². The molecule has 0 unspecified atom stereocenters. The van der Waals surface area contributed by atoms with Crippen molar-refractivity contribution in [3.63, 3.8) is 0 Å². The highest BCUT2D eigenvalue weighted by atomic mass is 19.2. The second kappa shape index (κ2) is 3.91. The molecule has 0 aromatic heterocycles. The minimum atomic E-state index is -1.45. The Morgan fingerprint density at radius 2 is 1.15 bits per heavy atom. The van der Waals surface area contributed by atoms with E-state index in [2.05, 4.69) is 0 Å². The maximum absolute atomic E-state index is 13.3. The molecule has 1 saturated heterocycles. The van der Waals surface area contributed by atoms with Gasteiger partial charge >= 0.3 is 0 Å². The summed E-state index contributed by atoms with van der Waals surface area (Å²) in [5.74, 6) is 0.0778. The highest BCUT2D eigenvalue weighted by Crippen LogP contribution is 2.34. The van der Waals surface area contributed by atoms with Crippen molar-refractivity contribution in [2.45, 2.75) is 52.2 Å². The van der Waals surface area contributed by atoms with Crippen molar-refractivity contribution in [1.29, 1.82) is 0 Å². The molecule has 1 aliphatic rings. The Bertz CT molecular complexity index is 152. The van der Waals surface area contributed by atoms with Gasteiger partial charge < -0.3 is 4.74 Å². The van der Waals surface area contributed by atoms with Crippen LogP contribution in [0, 0.1) is 11.8 Å². The molecule has 0 amide bonds. The van der Waals surface area contributed by atoms with Gasteiger partial charge in [0, 0.05) is 0 Å². The maximum atomic E-state index is 13.3. The Morgan fingerprint density at radius 3 is 1.31 bits per heavy atom. The number of rotatable bonds is 2. The summed E-state index contributed by atoms with van der Waals surface area (Å²) in [5.41, 5.74) is 0. The zero-order valence-corrected chi connectivity index (χ0v) is 8.63. The smallest absolute Gasteiger partial charge is 0.160 e. The molecule has 0 aliphatic carbocycles. The third-order valence-corrected chi connectivity index (χ3v) is 2.56. The van der Waals surface area contributed by atoms with Gasteiger partial charge in [0.05, 0.1) is 12.2 Å². The van der Waals surface area contributed by atoms with E-state index in [1.54, 1.807) is 0 Å². The van der Waals surface area contributed by atoms with Crippen molar-refractivity contribution >= 4 is 0 Å². The van der Waals surface area contributed by atoms with Gasteiger partial charge in [-0.25, -0.2) is 8.78 Å². The van der Waals surface area contributed by atoms with Gasteiger partial charge in [-0.15, -0.1) is 0 Å². The average molecular weight is 192 g/mol. The minimum absolute atomic E-state index is 0.0389. The summed E-state index contributed by atoms with van der Waals surface area (Å²) in [5, 5.41) is 0. The summed E-state index contributed by atoms with van der Waals surface area (Å²) >= 11 is 0. The van der Waals surface area contributed by atoms with Crippen LogP contribution in [-0.2, 0) is 4.74 Å². The average Bonchev–Trinajstić information content (AvgIpc) is 2.29. The molecule has 1 aliphatic heterocycles. The fourth-order valence-corrected chi connectivity index (χ4v) is 1.74. The van der Waals surface area contributed by atoms with E-state index in [1.807, 2.05) is 27.7 Å². The first-order valence-electron chi connectivity index (χ1n) is 4.88. The van der Waals surface area contributed by atoms with Crippen LogP contribution in [-0.4, -0.2) is 24.6 Å². The van der Waals surface area contributed by atoms with E-state index < -0.39 is 24.6 Å². The van der Waals surface area contributed by atoms with Crippen molar-refractivity contribution in [3.05, 3.63) is 0 Å². The first-order chi connectivity index (χ1) is 5.95. The van der Waals surface area contributed by atoms with Crippen LogP contribution in [0.5, 0.6) is 0 Å². The van der Waals surface area contributed by atoms with Gasteiger partial charge in [-0.05, 0) is 11.8 Å². The van der Waals surface area contributed by atoms with Crippen molar-refractivity contribution in [3.8, 4) is 0 Å². The lowest BCUT2D eigenvalue weighted by atomic mass is 9.98. The van der Waals surface area contributed by atoms with E-state index in [4.69, 9.17) is 4.74 Å². The SMILES string of the molecule is CC(C)[C@H]1O[C@@H](C(C)C)[C@H](F)[C@H]1F. The fourth-order valence-electron chi connectivity index (χ4n) is 1.74. The second-order valence-electron chi connectivity index (χ2n) is 4.44. The summed E-state index contributed by atoms with van der Waals surface area (Å²) in [7, 11) is 0. The molecule has 1 nitrogen and oxygen atoms in total. The summed E-state index contributed by atoms with van der Waals surface area (Å²) in [6.07, 6.45) is -4.04. The largest absolute Gasteiger partial charge is 0.368 e. The maximum Gasteiger partial charge on any atom is 0.160 e. The quantitative estimate of drug-likeness (QED) is 0.653. The highest BCUT2D eigenvalue weighted by Gasteiger charge is 2.47. The minimum Gasteiger partial charge on any atom is -0.368 e. The third-order valence-electron chi connectivity index (χ3n) is 2.56. The number of alkyl halides is 2. The molecule has 1 heterocycles. The van der Waals surface area contributed by atoms with Gasteiger partial charge in [-0.1, -0.05) is 27.7 Å².